The van der Waals surface area contributed by atoms with E-state index in [1.165, 1.54) is 6.42 Å². The zero-order valence-electron chi connectivity index (χ0n) is 14.0. The van der Waals surface area contributed by atoms with Gasteiger partial charge in [0, 0.05) is 0 Å². The van der Waals surface area contributed by atoms with E-state index in [2.05, 4.69) is 10.6 Å². The highest BCUT2D eigenvalue weighted by atomic mass is 16.2. The fraction of sp³-hybridized carbons (Fsp3) is 0.300. The standard InChI is InChI=1S/C20H23N3O2/c21-19(24)18(16-10-5-2-6-11-16)23-20(25)22-17(15-12-7-13-15)14-8-3-1-4-9-14/h1-6,8-11,15,17-18H,7,12-13H2,(H2,21,24)(H2,22,23,25)/t17-,18+/m1/s1. The lowest BCUT2D eigenvalue weighted by Gasteiger charge is -2.35. The predicted molar refractivity (Wildman–Crippen MR) is 96.6 cm³/mol. The molecular formula is C20H23N3O2. The van der Waals surface area contributed by atoms with E-state index in [1.807, 2.05) is 48.5 Å². The maximum atomic E-state index is 12.5. The second-order valence-electron chi connectivity index (χ2n) is 6.44. The van der Waals surface area contributed by atoms with Gasteiger partial charge in [0.2, 0.25) is 5.91 Å². The number of nitrogens with one attached hydrogen (secondary N) is 2. The van der Waals surface area contributed by atoms with Crippen LogP contribution in [0.4, 0.5) is 4.79 Å². The van der Waals surface area contributed by atoms with Gasteiger partial charge in [-0.15, -0.1) is 0 Å². The second-order valence-corrected chi connectivity index (χ2v) is 6.44. The van der Waals surface area contributed by atoms with Crippen molar-refractivity contribution in [3.05, 3.63) is 71.8 Å². The molecule has 1 saturated carbocycles. The number of rotatable bonds is 6. The van der Waals surface area contributed by atoms with Crippen molar-refractivity contribution in [3.8, 4) is 0 Å². The van der Waals surface area contributed by atoms with E-state index in [0.717, 1.165) is 18.4 Å². The van der Waals surface area contributed by atoms with Crippen LogP contribution in [0.25, 0.3) is 0 Å². The van der Waals surface area contributed by atoms with Crippen LogP contribution in [0.2, 0.25) is 0 Å². The van der Waals surface area contributed by atoms with Gasteiger partial charge in [0.25, 0.3) is 0 Å². The van der Waals surface area contributed by atoms with Crippen molar-refractivity contribution in [2.45, 2.75) is 31.3 Å². The summed E-state index contributed by atoms with van der Waals surface area (Å²) in [5.74, 6) is -0.154. The smallest absolute Gasteiger partial charge is 0.316 e. The molecule has 1 aliphatic carbocycles. The number of primary amides is 1. The molecule has 130 valence electrons. The minimum Gasteiger partial charge on any atom is -0.368 e. The van der Waals surface area contributed by atoms with Gasteiger partial charge in [-0.3, -0.25) is 4.79 Å². The highest BCUT2D eigenvalue weighted by Crippen LogP contribution is 2.37. The fourth-order valence-electron chi connectivity index (χ4n) is 3.19. The minimum absolute atomic E-state index is 0.0563. The maximum absolute atomic E-state index is 12.5. The molecule has 2 aromatic rings. The molecule has 25 heavy (non-hydrogen) atoms. The molecule has 0 spiro atoms. The molecule has 0 saturated heterocycles. The Bertz CT molecular complexity index is 714. The highest BCUT2D eigenvalue weighted by Gasteiger charge is 2.30. The van der Waals surface area contributed by atoms with Gasteiger partial charge in [0.15, 0.2) is 0 Å². The zero-order valence-corrected chi connectivity index (χ0v) is 14.0. The summed E-state index contributed by atoms with van der Waals surface area (Å²) >= 11 is 0. The van der Waals surface area contributed by atoms with Gasteiger partial charge < -0.3 is 16.4 Å². The molecule has 1 fully saturated rings. The highest BCUT2D eigenvalue weighted by molar-refractivity contribution is 5.87. The van der Waals surface area contributed by atoms with E-state index >= 15 is 0 Å². The number of hydrogen-bond acceptors (Lipinski definition) is 2. The molecule has 0 bridgehead atoms. The van der Waals surface area contributed by atoms with Crippen molar-refractivity contribution in [1.29, 1.82) is 0 Å². The number of benzene rings is 2. The van der Waals surface area contributed by atoms with Crippen LogP contribution in [-0.2, 0) is 4.79 Å². The predicted octanol–water partition coefficient (Wildman–Crippen LogP) is 3.05. The molecule has 1 aliphatic rings. The van der Waals surface area contributed by atoms with Crippen LogP contribution in [0.15, 0.2) is 60.7 Å². The van der Waals surface area contributed by atoms with E-state index < -0.39 is 11.9 Å². The average Bonchev–Trinajstić information content (AvgIpc) is 2.59. The van der Waals surface area contributed by atoms with Crippen molar-refractivity contribution < 1.29 is 9.59 Å². The molecule has 2 aromatic carbocycles. The number of urea groups is 1. The lowest BCUT2D eigenvalue weighted by Crippen LogP contribution is -2.46. The van der Waals surface area contributed by atoms with E-state index in [-0.39, 0.29) is 12.1 Å². The molecule has 0 aliphatic heterocycles. The Morgan fingerprint density at radius 1 is 0.880 bits per heavy atom. The van der Waals surface area contributed by atoms with Gasteiger partial charge in [-0.1, -0.05) is 67.1 Å². The normalized spacial score (nSPS) is 16.3. The van der Waals surface area contributed by atoms with Crippen molar-refractivity contribution in [2.75, 3.05) is 0 Å². The van der Waals surface area contributed by atoms with Crippen LogP contribution in [0.3, 0.4) is 0 Å². The molecule has 5 nitrogen and oxygen atoms in total. The molecular weight excluding hydrogens is 314 g/mol. The summed E-state index contributed by atoms with van der Waals surface area (Å²) in [6.45, 7) is 0. The Balaban J connectivity index is 1.71. The molecule has 0 unspecified atom stereocenters. The first-order chi connectivity index (χ1) is 12.1. The van der Waals surface area contributed by atoms with Gasteiger partial charge in [-0.2, -0.15) is 0 Å². The first-order valence-corrected chi connectivity index (χ1v) is 8.61. The van der Waals surface area contributed by atoms with Crippen molar-refractivity contribution in [2.24, 2.45) is 11.7 Å². The fourth-order valence-corrected chi connectivity index (χ4v) is 3.19. The average molecular weight is 337 g/mol. The number of amides is 3. The minimum atomic E-state index is -0.848. The Hall–Kier alpha value is -2.82. The van der Waals surface area contributed by atoms with Crippen molar-refractivity contribution in [3.63, 3.8) is 0 Å². The summed E-state index contributed by atoms with van der Waals surface area (Å²) in [6, 6.07) is 17.7. The Labute approximate surface area is 147 Å². The number of hydrogen-bond donors (Lipinski definition) is 3. The van der Waals surface area contributed by atoms with Crippen LogP contribution < -0.4 is 16.4 Å². The first kappa shape index (κ1) is 17.0. The lowest BCUT2D eigenvalue weighted by atomic mass is 9.77. The van der Waals surface area contributed by atoms with E-state index in [4.69, 9.17) is 5.73 Å². The lowest BCUT2D eigenvalue weighted by molar-refractivity contribution is -0.119. The largest absolute Gasteiger partial charge is 0.368 e. The summed E-state index contributed by atoms with van der Waals surface area (Å²) in [6.07, 6.45) is 3.38. The van der Waals surface area contributed by atoms with Gasteiger partial charge in [-0.25, -0.2) is 4.79 Å². The third-order valence-corrected chi connectivity index (χ3v) is 4.76. The quantitative estimate of drug-likeness (QED) is 0.757. The summed E-state index contributed by atoms with van der Waals surface area (Å²) < 4.78 is 0. The maximum Gasteiger partial charge on any atom is 0.316 e. The third-order valence-electron chi connectivity index (χ3n) is 4.76. The Morgan fingerprint density at radius 3 is 1.92 bits per heavy atom. The molecule has 0 aromatic heterocycles. The number of nitrogens with two attached hydrogens (primary N) is 1. The summed E-state index contributed by atoms with van der Waals surface area (Å²) in [5, 5.41) is 5.74. The van der Waals surface area contributed by atoms with Gasteiger partial charge in [0.05, 0.1) is 6.04 Å². The van der Waals surface area contributed by atoms with Crippen LogP contribution in [0.1, 0.15) is 42.5 Å². The molecule has 5 heteroatoms. The van der Waals surface area contributed by atoms with Crippen LogP contribution in [0, 0.1) is 5.92 Å². The molecule has 3 amide bonds. The Kier molecular flexibility index (Phi) is 5.33. The molecule has 2 atom stereocenters. The van der Waals surface area contributed by atoms with E-state index in [9.17, 15) is 9.59 Å². The van der Waals surface area contributed by atoms with E-state index in [1.54, 1.807) is 12.1 Å². The van der Waals surface area contributed by atoms with Crippen LogP contribution in [0.5, 0.6) is 0 Å². The Morgan fingerprint density at radius 2 is 1.44 bits per heavy atom. The van der Waals surface area contributed by atoms with E-state index in [0.29, 0.717) is 11.5 Å². The van der Waals surface area contributed by atoms with Crippen molar-refractivity contribution in [1.82, 2.24) is 10.6 Å². The SMILES string of the molecule is NC(=O)[C@@H](NC(=O)N[C@H](c1ccccc1)C1CCC1)c1ccccc1. The van der Waals surface area contributed by atoms with Gasteiger partial charge in [0.1, 0.15) is 6.04 Å². The molecule has 0 heterocycles. The van der Waals surface area contributed by atoms with Gasteiger partial charge in [-0.05, 0) is 29.9 Å². The molecule has 3 rings (SSSR count). The van der Waals surface area contributed by atoms with Gasteiger partial charge >= 0.3 is 6.03 Å². The number of carbonyl (C=O) groups is 2. The second kappa shape index (κ2) is 7.83. The zero-order chi connectivity index (χ0) is 17.6. The number of carbonyl (C=O) groups excluding carboxylic acids is 2. The molecule has 4 N–H and O–H groups in total. The summed E-state index contributed by atoms with van der Waals surface area (Å²) in [4.78, 5) is 24.3. The van der Waals surface area contributed by atoms with Crippen molar-refractivity contribution >= 4 is 11.9 Å². The van der Waals surface area contributed by atoms with Crippen LogP contribution in [-0.4, -0.2) is 11.9 Å². The molecule has 0 radical (unpaired) electrons. The summed E-state index contributed by atoms with van der Waals surface area (Å²) in [7, 11) is 0. The van der Waals surface area contributed by atoms with Crippen LogP contribution >= 0.6 is 0 Å². The first-order valence-electron chi connectivity index (χ1n) is 8.61. The monoisotopic (exact) mass is 337 g/mol. The third kappa shape index (κ3) is 4.18. The summed E-state index contributed by atoms with van der Waals surface area (Å²) in [5.41, 5.74) is 7.23. The topological polar surface area (TPSA) is 84.2 Å².